The van der Waals surface area contributed by atoms with Crippen LogP contribution in [0.5, 0.6) is 0 Å². The summed E-state index contributed by atoms with van der Waals surface area (Å²) >= 11 is 3.64. The zero-order valence-corrected chi connectivity index (χ0v) is 22.4. The number of carboxylic acids is 1. The van der Waals surface area contributed by atoms with Gasteiger partial charge in [0.2, 0.25) is 5.91 Å². The summed E-state index contributed by atoms with van der Waals surface area (Å²) < 4.78 is -1.21. The number of allylic oxidation sites excluding steroid dienone is 1. The van der Waals surface area contributed by atoms with Crippen molar-refractivity contribution in [1.82, 2.24) is 20.2 Å². The maximum absolute atomic E-state index is 13.2. The standard InChI is InChI=1S/C24H24N6O5S3/c25-23-27-16(11-36-23)17(29-35-15-5-1-2-6-15)19(31)28-18-20(32)30-12-24(22(33)34,13-37-21(18)30)38-9-7-14-4-3-8-26-10-14/h1,3-5,7-11,15,18,21H,2,6,12-13H2,(H2,25,27)(H,28,31)(H,33,34)/t15?,18?,21-,24?/m1/s1. The zero-order valence-electron chi connectivity index (χ0n) is 19.9. The first-order valence-electron chi connectivity index (χ1n) is 11.7. The number of nitrogens with one attached hydrogen (secondary N) is 1. The Morgan fingerprint density at radius 3 is 2.97 bits per heavy atom. The molecule has 38 heavy (non-hydrogen) atoms. The third kappa shape index (κ3) is 5.42. The smallest absolute Gasteiger partial charge is 0.322 e. The van der Waals surface area contributed by atoms with Gasteiger partial charge >= 0.3 is 5.97 Å². The molecule has 3 unspecified atom stereocenters. The summed E-state index contributed by atoms with van der Waals surface area (Å²) in [6, 6.07) is 2.84. The number of nitrogens with zero attached hydrogens (tertiary/aromatic N) is 4. The molecule has 2 aromatic rings. The van der Waals surface area contributed by atoms with Crippen molar-refractivity contribution >= 4 is 69.6 Å². The molecule has 198 valence electrons. The van der Waals surface area contributed by atoms with Crippen molar-refractivity contribution in [3.8, 4) is 0 Å². The summed E-state index contributed by atoms with van der Waals surface area (Å²) in [7, 11) is 0. The van der Waals surface area contributed by atoms with Gasteiger partial charge in [-0.1, -0.05) is 17.3 Å². The third-order valence-corrected chi connectivity index (χ3v) is 9.75. The van der Waals surface area contributed by atoms with Crippen LogP contribution in [0.3, 0.4) is 0 Å². The molecular weight excluding hydrogens is 549 g/mol. The quantitative estimate of drug-likeness (QED) is 0.176. The fourth-order valence-corrected chi connectivity index (χ4v) is 7.36. The molecule has 0 radical (unpaired) electrons. The van der Waals surface area contributed by atoms with Gasteiger partial charge in [0.1, 0.15) is 28.0 Å². The van der Waals surface area contributed by atoms with Crippen LogP contribution in [-0.2, 0) is 19.2 Å². The lowest BCUT2D eigenvalue weighted by Gasteiger charge is -2.53. The van der Waals surface area contributed by atoms with E-state index in [0.717, 1.165) is 41.5 Å². The Hall–Kier alpha value is -3.36. The average Bonchev–Trinajstić information content (AvgIpc) is 3.60. The number of aromatic nitrogens is 2. The number of nitrogen functional groups attached to an aromatic ring is 1. The molecule has 4 atom stereocenters. The van der Waals surface area contributed by atoms with Crippen molar-refractivity contribution in [2.75, 3.05) is 18.0 Å². The van der Waals surface area contributed by atoms with Crippen LogP contribution < -0.4 is 11.1 Å². The topological polar surface area (TPSA) is 160 Å². The van der Waals surface area contributed by atoms with Gasteiger partial charge < -0.3 is 25.9 Å². The minimum Gasteiger partial charge on any atom is -0.480 e. The van der Waals surface area contributed by atoms with Crippen molar-refractivity contribution in [2.24, 2.45) is 5.16 Å². The molecule has 2 aliphatic heterocycles. The summed E-state index contributed by atoms with van der Waals surface area (Å²) in [6.45, 7) is 0.0218. The number of anilines is 1. The van der Waals surface area contributed by atoms with E-state index in [0.29, 0.717) is 0 Å². The van der Waals surface area contributed by atoms with Crippen molar-refractivity contribution in [1.29, 1.82) is 0 Å². The second-order valence-corrected chi connectivity index (χ2v) is 12.1. The second kappa shape index (κ2) is 11.2. The largest absolute Gasteiger partial charge is 0.480 e. The number of thioether (sulfide) groups is 2. The van der Waals surface area contributed by atoms with Gasteiger partial charge in [0.25, 0.3) is 5.91 Å². The van der Waals surface area contributed by atoms with Crippen molar-refractivity contribution in [3.63, 3.8) is 0 Å². The van der Waals surface area contributed by atoms with Gasteiger partial charge in [0.15, 0.2) is 10.8 Å². The number of rotatable bonds is 9. The van der Waals surface area contributed by atoms with Gasteiger partial charge in [-0.2, -0.15) is 0 Å². The minimum absolute atomic E-state index is 0.0218. The lowest BCUT2D eigenvalue weighted by atomic mass is 10.0. The van der Waals surface area contributed by atoms with E-state index in [2.05, 4.69) is 20.4 Å². The summed E-state index contributed by atoms with van der Waals surface area (Å²) in [4.78, 5) is 53.7. The number of carboxylic acid groups (broad SMARTS) is 1. The summed E-state index contributed by atoms with van der Waals surface area (Å²) in [5.41, 5.74) is 6.78. The minimum atomic E-state index is -1.21. The summed E-state index contributed by atoms with van der Waals surface area (Å²) in [5.74, 6) is -1.71. The Bertz CT molecular complexity index is 1320. The molecule has 4 N–H and O–H groups in total. The van der Waals surface area contributed by atoms with Crippen LogP contribution in [0.25, 0.3) is 6.08 Å². The van der Waals surface area contributed by atoms with E-state index in [9.17, 15) is 19.5 Å². The molecule has 4 heterocycles. The van der Waals surface area contributed by atoms with Crippen molar-refractivity contribution in [3.05, 3.63) is 58.7 Å². The number of β-lactam (4-membered cyclic amide) rings is 1. The number of hydrogen-bond acceptors (Lipinski definition) is 11. The van der Waals surface area contributed by atoms with Gasteiger partial charge in [0, 0.05) is 30.1 Å². The van der Waals surface area contributed by atoms with E-state index >= 15 is 0 Å². The molecular formula is C24H24N6O5S3. The number of carbonyl (C=O) groups excluding carboxylic acids is 2. The van der Waals surface area contributed by atoms with E-state index < -0.39 is 22.7 Å². The first kappa shape index (κ1) is 26.3. The number of pyridine rings is 1. The number of oxime groups is 1. The molecule has 5 rings (SSSR count). The highest BCUT2D eigenvalue weighted by Crippen LogP contribution is 2.44. The van der Waals surface area contributed by atoms with Gasteiger partial charge in [-0.15, -0.1) is 34.9 Å². The van der Waals surface area contributed by atoms with Crippen LogP contribution in [0.1, 0.15) is 24.1 Å². The van der Waals surface area contributed by atoms with E-state index in [-0.39, 0.29) is 46.2 Å². The van der Waals surface area contributed by atoms with Gasteiger partial charge in [-0.3, -0.25) is 19.4 Å². The molecule has 2 aromatic heterocycles. The molecule has 1 aliphatic carbocycles. The Morgan fingerprint density at radius 2 is 2.29 bits per heavy atom. The van der Waals surface area contributed by atoms with Crippen LogP contribution in [-0.4, -0.2) is 78.0 Å². The van der Waals surface area contributed by atoms with Gasteiger partial charge in [-0.25, -0.2) is 4.98 Å². The number of carbonyl (C=O) groups is 3. The average molecular weight is 573 g/mol. The Labute approximate surface area is 230 Å². The molecule has 14 heteroatoms. The predicted octanol–water partition coefficient (Wildman–Crippen LogP) is 2.19. The van der Waals surface area contributed by atoms with Crippen LogP contribution >= 0.6 is 34.9 Å². The predicted molar refractivity (Wildman–Crippen MR) is 147 cm³/mol. The fraction of sp³-hybridized carbons (Fsp3) is 0.333. The first-order chi connectivity index (χ1) is 18.4. The maximum Gasteiger partial charge on any atom is 0.322 e. The first-order valence-corrected chi connectivity index (χ1v) is 14.5. The molecule has 11 nitrogen and oxygen atoms in total. The number of aliphatic carboxylic acids is 1. The highest BCUT2D eigenvalue weighted by molar-refractivity contribution is 8.06. The molecule has 0 spiro atoms. The van der Waals surface area contributed by atoms with E-state index in [1.165, 1.54) is 16.7 Å². The van der Waals surface area contributed by atoms with E-state index in [1.807, 2.05) is 18.2 Å². The Morgan fingerprint density at radius 1 is 1.42 bits per heavy atom. The molecule has 3 aliphatic rings. The number of thiazole rings is 1. The van der Waals surface area contributed by atoms with Crippen LogP contribution in [0.2, 0.25) is 0 Å². The second-order valence-electron chi connectivity index (χ2n) is 8.79. The highest BCUT2D eigenvalue weighted by Gasteiger charge is 2.57. The Balaban J connectivity index is 1.25. The monoisotopic (exact) mass is 572 g/mol. The lowest BCUT2D eigenvalue weighted by Crippen LogP contribution is -2.74. The summed E-state index contributed by atoms with van der Waals surface area (Å²) in [6.07, 6.45) is 10.4. The van der Waals surface area contributed by atoms with Crippen molar-refractivity contribution < 1.29 is 24.3 Å². The fourth-order valence-electron chi connectivity index (χ4n) is 4.14. The van der Waals surface area contributed by atoms with Gasteiger partial charge in [-0.05, 0) is 42.0 Å². The molecule has 0 saturated carbocycles. The number of amides is 2. The van der Waals surface area contributed by atoms with Crippen LogP contribution in [0.15, 0.2) is 52.6 Å². The Kier molecular flexibility index (Phi) is 7.72. The van der Waals surface area contributed by atoms with Crippen LogP contribution in [0.4, 0.5) is 5.13 Å². The normalized spacial score (nSPS) is 26.7. The highest BCUT2D eigenvalue weighted by atomic mass is 32.2. The zero-order chi connectivity index (χ0) is 26.7. The molecule has 2 saturated heterocycles. The number of hydrogen-bond donors (Lipinski definition) is 3. The number of nitrogens with two attached hydrogens (primary N) is 1. The lowest BCUT2D eigenvalue weighted by molar-refractivity contribution is -0.151. The molecule has 2 fully saturated rings. The van der Waals surface area contributed by atoms with Gasteiger partial charge in [0.05, 0.1) is 0 Å². The summed E-state index contributed by atoms with van der Waals surface area (Å²) in [5, 5.41) is 20.0. The van der Waals surface area contributed by atoms with E-state index in [1.54, 1.807) is 35.3 Å². The van der Waals surface area contributed by atoms with E-state index in [4.69, 9.17) is 10.6 Å². The molecule has 2 amide bonds. The molecule has 0 aromatic carbocycles. The SMILES string of the molecule is Nc1nc(C(=NOC2C=CCC2)C(=O)NC2C(=O)N3CC(SC=Cc4cccnc4)(C(=O)O)CS[C@H]23)cs1. The third-order valence-electron chi connectivity index (χ3n) is 6.20. The van der Waals surface area contributed by atoms with Crippen LogP contribution in [0, 0.1) is 0 Å². The molecule has 0 bridgehead atoms. The number of fused-ring (bicyclic) bond motifs is 1. The maximum atomic E-state index is 13.2. The van der Waals surface area contributed by atoms with Crippen molar-refractivity contribution in [2.45, 2.75) is 35.1 Å².